The Morgan fingerprint density at radius 2 is 1.88 bits per heavy atom. The number of halogens is 1. The van der Waals surface area contributed by atoms with E-state index in [4.69, 9.17) is 0 Å². The Kier molecular flexibility index (Phi) is 5.19. The highest BCUT2D eigenvalue weighted by molar-refractivity contribution is 5.85. The van der Waals surface area contributed by atoms with Crippen molar-refractivity contribution < 1.29 is 14.3 Å². The summed E-state index contributed by atoms with van der Waals surface area (Å²) in [5, 5.41) is 9.52. The number of rotatable bonds is 6. The largest absolute Gasteiger partial charge is 0.396 e. The Morgan fingerprint density at radius 3 is 2.56 bits per heavy atom. The molecule has 0 bridgehead atoms. The van der Waals surface area contributed by atoms with Crippen LogP contribution in [0.1, 0.15) is 29.5 Å². The number of hydrogen-bond donors (Lipinski definition) is 1. The van der Waals surface area contributed by atoms with Crippen LogP contribution >= 0.6 is 0 Å². The number of aliphatic hydroxyl groups excluding tert-OH is 1. The van der Waals surface area contributed by atoms with E-state index >= 15 is 0 Å². The van der Waals surface area contributed by atoms with E-state index in [2.05, 4.69) is 19.1 Å². The zero-order valence-electron chi connectivity index (χ0n) is 14.5. The maximum atomic E-state index is 13.1. The van der Waals surface area contributed by atoms with Gasteiger partial charge < -0.3 is 10.0 Å². The van der Waals surface area contributed by atoms with Gasteiger partial charge in [-0.25, -0.2) is 4.39 Å². The number of nitrogens with zero attached hydrogens (tertiary/aromatic N) is 1. The Bertz CT molecular complexity index is 744. The van der Waals surface area contributed by atoms with Crippen molar-refractivity contribution in [3.05, 3.63) is 71.0 Å². The fraction of sp³-hybridized carbons (Fsp3) is 0.381. The smallest absolute Gasteiger partial charge is 0.229 e. The molecule has 132 valence electrons. The van der Waals surface area contributed by atoms with E-state index in [1.165, 1.54) is 17.7 Å². The molecule has 1 saturated heterocycles. The van der Waals surface area contributed by atoms with E-state index in [9.17, 15) is 14.3 Å². The van der Waals surface area contributed by atoms with Crippen molar-refractivity contribution in [2.45, 2.75) is 32.7 Å². The molecule has 2 aromatic rings. The summed E-state index contributed by atoms with van der Waals surface area (Å²) >= 11 is 0. The maximum Gasteiger partial charge on any atom is 0.229 e. The fourth-order valence-corrected chi connectivity index (χ4v) is 3.73. The van der Waals surface area contributed by atoms with Gasteiger partial charge in [0.1, 0.15) is 5.82 Å². The van der Waals surface area contributed by atoms with Crippen molar-refractivity contribution in [3.8, 4) is 0 Å². The molecule has 1 amide bonds. The number of aryl methyl sites for hydroxylation is 1. The van der Waals surface area contributed by atoms with Gasteiger partial charge in [0.2, 0.25) is 5.91 Å². The number of amides is 1. The lowest BCUT2D eigenvalue weighted by molar-refractivity contribution is -0.137. The lowest BCUT2D eigenvalue weighted by Gasteiger charge is -2.28. The van der Waals surface area contributed by atoms with Crippen molar-refractivity contribution in [3.63, 3.8) is 0 Å². The van der Waals surface area contributed by atoms with Gasteiger partial charge in [0.25, 0.3) is 0 Å². The third kappa shape index (κ3) is 3.74. The van der Waals surface area contributed by atoms with Crippen molar-refractivity contribution in [1.29, 1.82) is 0 Å². The lowest BCUT2D eigenvalue weighted by Crippen LogP contribution is -2.36. The molecule has 1 aliphatic rings. The molecule has 1 atom stereocenters. The molecule has 1 unspecified atom stereocenters. The lowest BCUT2D eigenvalue weighted by atomic mass is 9.77. The van der Waals surface area contributed by atoms with Crippen LogP contribution in [0, 0.1) is 18.2 Å². The van der Waals surface area contributed by atoms with Crippen LogP contribution in [0.25, 0.3) is 0 Å². The van der Waals surface area contributed by atoms with E-state index in [1.807, 2.05) is 17.0 Å². The van der Waals surface area contributed by atoms with Crippen LogP contribution in [0.5, 0.6) is 0 Å². The number of carbonyl (C=O) groups excluding carboxylic acids is 1. The van der Waals surface area contributed by atoms with Gasteiger partial charge in [-0.2, -0.15) is 0 Å². The van der Waals surface area contributed by atoms with Gasteiger partial charge in [0, 0.05) is 19.7 Å². The minimum absolute atomic E-state index is 0.0227. The Labute approximate surface area is 148 Å². The first-order valence-corrected chi connectivity index (χ1v) is 8.73. The molecular weight excluding hydrogens is 317 g/mol. The van der Waals surface area contributed by atoms with Crippen LogP contribution < -0.4 is 0 Å². The molecular formula is C21H24FNO2. The molecule has 2 aromatic carbocycles. The number of aliphatic hydroxyl groups is 1. The summed E-state index contributed by atoms with van der Waals surface area (Å²) in [6.07, 6.45) is 1.69. The Balaban J connectivity index is 1.79. The minimum atomic E-state index is -0.588. The quantitative estimate of drug-likeness (QED) is 0.874. The maximum absolute atomic E-state index is 13.1. The fourth-order valence-electron chi connectivity index (χ4n) is 3.73. The first-order valence-electron chi connectivity index (χ1n) is 8.73. The first-order chi connectivity index (χ1) is 12.0. The summed E-state index contributed by atoms with van der Waals surface area (Å²) in [4.78, 5) is 15.0. The average Bonchev–Trinajstić information content (AvgIpc) is 2.89. The van der Waals surface area contributed by atoms with Crippen LogP contribution in [0.3, 0.4) is 0 Å². The molecule has 25 heavy (non-hydrogen) atoms. The van der Waals surface area contributed by atoms with Crippen LogP contribution in [0.15, 0.2) is 48.5 Å². The molecule has 1 fully saturated rings. The summed E-state index contributed by atoms with van der Waals surface area (Å²) < 4.78 is 13.1. The van der Waals surface area contributed by atoms with E-state index < -0.39 is 5.41 Å². The zero-order valence-corrected chi connectivity index (χ0v) is 14.5. The Hall–Kier alpha value is -2.20. The third-order valence-electron chi connectivity index (χ3n) is 5.27. The van der Waals surface area contributed by atoms with Gasteiger partial charge in [-0.1, -0.05) is 36.4 Å². The summed E-state index contributed by atoms with van der Waals surface area (Å²) in [6.45, 7) is 3.32. The molecule has 1 heterocycles. The second-order valence-corrected chi connectivity index (χ2v) is 6.96. The third-order valence-corrected chi connectivity index (χ3v) is 5.27. The monoisotopic (exact) mass is 341 g/mol. The van der Waals surface area contributed by atoms with Gasteiger partial charge in [-0.15, -0.1) is 0 Å². The normalized spacial score (nSPS) is 20.3. The number of benzene rings is 2. The van der Waals surface area contributed by atoms with Crippen molar-refractivity contribution in [2.24, 2.45) is 5.41 Å². The van der Waals surface area contributed by atoms with Crippen LogP contribution in [0.2, 0.25) is 0 Å². The van der Waals surface area contributed by atoms with E-state index in [1.54, 1.807) is 12.1 Å². The standard InChI is InChI=1S/C21H24FNO2/c1-16-4-2-3-5-18(16)15-23-12-10-21(11-13-24,20(23)25)14-17-6-8-19(22)9-7-17/h2-9,24H,10-15H2,1H3. The molecule has 0 aliphatic carbocycles. The highest BCUT2D eigenvalue weighted by atomic mass is 19.1. The highest BCUT2D eigenvalue weighted by Crippen LogP contribution is 2.39. The molecule has 1 aliphatic heterocycles. The van der Waals surface area contributed by atoms with Crippen molar-refractivity contribution >= 4 is 5.91 Å². The predicted octanol–water partition coefficient (Wildman–Crippen LogP) is 3.48. The summed E-state index contributed by atoms with van der Waals surface area (Å²) in [7, 11) is 0. The molecule has 0 aromatic heterocycles. The molecule has 0 spiro atoms. The topological polar surface area (TPSA) is 40.5 Å². The number of carbonyl (C=O) groups is 1. The van der Waals surface area contributed by atoms with E-state index in [0.29, 0.717) is 25.9 Å². The summed E-state index contributed by atoms with van der Waals surface area (Å²) in [5.74, 6) is -0.187. The second kappa shape index (κ2) is 7.36. The van der Waals surface area contributed by atoms with Gasteiger partial charge >= 0.3 is 0 Å². The number of likely N-dealkylation sites (tertiary alicyclic amines) is 1. The molecule has 0 radical (unpaired) electrons. The highest BCUT2D eigenvalue weighted by Gasteiger charge is 2.45. The summed E-state index contributed by atoms with van der Waals surface area (Å²) in [5.41, 5.74) is 2.67. The molecule has 1 N–H and O–H groups in total. The first kappa shape index (κ1) is 17.6. The van der Waals surface area contributed by atoms with Crippen molar-refractivity contribution in [2.75, 3.05) is 13.2 Å². The van der Waals surface area contributed by atoms with Gasteiger partial charge in [0.15, 0.2) is 0 Å². The Morgan fingerprint density at radius 1 is 1.16 bits per heavy atom. The summed E-state index contributed by atoms with van der Waals surface area (Å²) in [6, 6.07) is 14.4. The zero-order chi connectivity index (χ0) is 17.9. The molecule has 4 heteroatoms. The van der Waals surface area contributed by atoms with Gasteiger partial charge in [0.05, 0.1) is 5.41 Å². The predicted molar refractivity (Wildman–Crippen MR) is 95.5 cm³/mol. The molecule has 3 nitrogen and oxygen atoms in total. The minimum Gasteiger partial charge on any atom is -0.396 e. The van der Waals surface area contributed by atoms with Crippen LogP contribution in [0.4, 0.5) is 4.39 Å². The van der Waals surface area contributed by atoms with Crippen LogP contribution in [-0.2, 0) is 17.8 Å². The average molecular weight is 341 g/mol. The van der Waals surface area contributed by atoms with E-state index in [-0.39, 0.29) is 18.3 Å². The molecule has 0 saturated carbocycles. The molecule has 3 rings (SSSR count). The SMILES string of the molecule is Cc1ccccc1CN1CCC(CCO)(Cc2ccc(F)cc2)C1=O. The van der Waals surface area contributed by atoms with Crippen molar-refractivity contribution in [1.82, 2.24) is 4.90 Å². The number of hydrogen-bond acceptors (Lipinski definition) is 2. The van der Waals surface area contributed by atoms with Crippen LogP contribution in [-0.4, -0.2) is 29.1 Å². The second-order valence-electron chi connectivity index (χ2n) is 6.96. The van der Waals surface area contributed by atoms with Gasteiger partial charge in [-0.05, 0) is 55.0 Å². The van der Waals surface area contributed by atoms with E-state index in [0.717, 1.165) is 17.5 Å². The van der Waals surface area contributed by atoms with Gasteiger partial charge in [-0.3, -0.25) is 4.79 Å².